The number of rotatable bonds is 6. The molecule has 2 aromatic rings. The van der Waals surface area contributed by atoms with Gasteiger partial charge in [-0.2, -0.15) is 4.31 Å². The number of nitrogens with zero attached hydrogens (tertiary/aromatic N) is 2. The van der Waals surface area contributed by atoms with E-state index in [1.807, 2.05) is 0 Å². The standard InChI is InChI=1S/C18H21N3O7S2/c22-18-10-9-16(13-17(18)21(23)24)29(25,26)19-14-5-7-15(8-6-14)30(27,28)20-11-3-1-2-4-12-20/h5-10,13,19,22H,1-4,11-12H2. The summed E-state index contributed by atoms with van der Waals surface area (Å²) in [4.78, 5) is 9.67. The van der Waals surface area contributed by atoms with Gasteiger partial charge in [0.1, 0.15) is 0 Å². The third-order valence-electron chi connectivity index (χ3n) is 4.76. The fraction of sp³-hybridized carbons (Fsp3) is 0.333. The zero-order chi connectivity index (χ0) is 21.9. The van der Waals surface area contributed by atoms with Gasteiger partial charge in [0.15, 0.2) is 5.75 Å². The number of phenols is 1. The number of nitro benzene ring substituents is 1. The zero-order valence-electron chi connectivity index (χ0n) is 15.9. The first-order valence-corrected chi connectivity index (χ1v) is 12.1. The second-order valence-corrected chi connectivity index (χ2v) is 10.5. The van der Waals surface area contributed by atoms with Crippen molar-refractivity contribution in [3.05, 3.63) is 52.6 Å². The van der Waals surface area contributed by atoms with Gasteiger partial charge in [0.25, 0.3) is 10.0 Å². The van der Waals surface area contributed by atoms with Gasteiger partial charge >= 0.3 is 5.69 Å². The van der Waals surface area contributed by atoms with Crippen LogP contribution in [0.2, 0.25) is 0 Å². The lowest BCUT2D eigenvalue weighted by Gasteiger charge is -2.20. The Morgan fingerprint density at radius 3 is 2.03 bits per heavy atom. The van der Waals surface area contributed by atoms with Gasteiger partial charge in [-0.15, -0.1) is 0 Å². The summed E-state index contributed by atoms with van der Waals surface area (Å²) < 4.78 is 54.3. The van der Waals surface area contributed by atoms with E-state index in [1.165, 1.54) is 28.6 Å². The average molecular weight is 456 g/mol. The molecule has 0 saturated carbocycles. The van der Waals surface area contributed by atoms with Crippen LogP contribution in [0.15, 0.2) is 52.3 Å². The molecule has 162 valence electrons. The number of nitro groups is 1. The number of anilines is 1. The molecule has 0 spiro atoms. The SMILES string of the molecule is O=[N+]([O-])c1cc(S(=O)(=O)Nc2ccc(S(=O)(=O)N3CCCCCC3)cc2)ccc1O. The molecule has 0 amide bonds. The summed E-state index contributed by atoms with van der Waals surface area (Å²) in [5, 5.41) is 20.4. The van der Waals surface area contributed by atoms with Gasteiger partial charge in [-0.3, -0.25) is 14.8 Å². The lowest BCUT2D eigenvalue weighted by Crippen LogP contribution is -2.31. The Kier molecular flexibility index (Phi) is 6.29. The Bertz CT molecular complexity index is 1140. The van der Waals surface area contributed by atoms with Crippen molar-refractivity contribution in [3.8, 4) is 5.75 Å². The highest BCUT2D eigenvalue weighted by Gasteiger charge is 2.25. The van der Waals surface area contributed by atoms with Gasteiger partial charge in [-0.25, -0.2) is 16.8 Å². The zero-order valence-corrected chi connectivity index (χ0v) is 17.5. The van der Waals surface area contributed by atoms with Gasteiger partial charge < -0.3 is 5.11 Å². The molecule has 1 saturated heterocycles. The van der Waals surface area contributed by atoms with E-state index in [0.717, 1.165) is 43.9 Å². The van der Waals surface area contributed by atoms with Crippen LogP contribution in [-0.4, -0.2) is 44.3 Å². The van der Waals surface area contributed by atoms with Crippen LogP contribution in [0.5, 0.6) is 5.75 Å². The Labute approximate surface area is 174 Å². The second-order valence-electron chi connectivity index (χ2n) is 6.86. The molecule has 1 aliphatic rings. The summed E-state index contributed by atoms with van der Waals surface area (Å²) in [6.07, 6.45) is 3.58. The van der Waals surface area contributed by atoms with E-state index in [1.54, 1.807) is 0 Å². The molecule has 3 rings (SSSR count). The van der Waals surface area contributed by atoms with Crippen LogP contribution in [0.25, 0.3) is 0 Å². The molecule has 10 nitrogen and oxygen atoms in total. The fourth-order valence-corrected chi connectivity index (χ4v) is 5.75. The van der Waals surface area contributed by atoms with Crippen molar-refractivity contribution in [2.75, 3.05) is 17.8 Å². The molecule has 1 aliphatic heterocycles. The van der Waals surface area contributed by atoms with E-state index >= 15 is 0 Å². The lowest BCUT2D eigenvalue weighted by atomic mass is 10.2. The molecule has 0 aliphatic carbocycles. The number of benzene rings is 2. The van der Waals surface area contributed by atoms with Crippen LogP contribution in [-0.2, 0) is 20.0 Å². The maximum Gasteiger partial charge on any atom is 0.312 e. The predicted molar refractivity (Wildman–Crippen MR) is 109 cm³/mol. The van der Waals surface area contributed by atoms with E-state index in [0.29, 0.717) is 13.1 Å². The normalized spacial score (nSPS) is 16.0. The lowest BCUT2D eigenvalue weighted by molar-refractivity contribution is -0.386. The van der Waals surface area contributed by atoms with Gasteiger partial charge in [0.05, 0.1) is 14.7 Å². The smallest absolute Gasteiger partial charge is 0.312 e. The number of hydrogen-bond donors (Lipinski definition) is 2. The van der Waals surface area contributed by atoms with Crippen LogP contribution in [0.1, 0.15) is 25.7 Å². The number of hydrogen-bond acceptors (Lipinski definition) is 7. The summed E-state index contributed by atoms with van der Waals surface area (Å²) in [5.74, 6) is -0.651. The van der Waals surface area contributed by atoms with Crippen molar-refractivity contribution in [2.45, 2.75) is 35.5 Å². The number of sulfonamides is 2. The van der Waals surface area contributed by atoms with Crippen LogP contribution in [0.3, 0.4) is 0 Å². The van der Waals surface area contributed by atoms with E-state index in [2.05, 4.69) is 4.72 Å². The highest BCUT2D eigenvalue weighted by molar-refractivity contribution is 7.92. The largest absolute Gasteiger partial charge is 0.502 e. The van der Waals surface area contributed by atoms with Crippen molar-refractivity contribution < 1.29 is 26.9 Å². The average Bonchev–Trinajstić information content (AvgIpc) is 2.98. The summed E-state index contributed by atoms with van der Waals surface area (Å²) in [7, 11) is -7.85. The Morgan fingerprint density at radius 2 is 1.47 bits per heavy atom. The summed E-state index contributed by atoms with van der Waals surface area (Å²) in [6.45, 7) is 0.909. The quantitative estimate of drug-likeness (QED) is 0.503. The van der Waals surface area contributed by atoms with Crippen molar-refractivity contribution in [1.82, 2.24) is 4.31 Å². The van der Waals surface area contributed by atoms with Crippen molar-refractivity contribution in [2.24, 2.45) is 0 Å². The fourth-order valence-electron chi connectivity index (χ4n) is 3.16. The summed E-state index contributed by atoms with van der Waals surface area (Å²) >= 11 is 0. The van der Waals surface area contributed by atoms with Crippen molar-refractivity contribution in [1.29, 1.82) is 0 Å². The van der Waals surface area contributed by atoms with Gasteiger partial charge in [-0.1, -0.05) is 12.8 Å². The number of phenolic OH excluding ortho intramolecular Hbond substituents is 1. The van der Waals surface area contributed by atoms with Gasteiger partial charge in [0.2, 0.25) is 10.0 Å². The Balaban J connectivity index is 1.81. The molecule has 12 heteroatoms. The second kappa shape index (κ2) is 8.58. The van der Waals surface area contributed by atoms with Crippen LogP contribution in [0.4, 0.5) is 11.4 Å². The third-order valence-corrected chi connectivity index (χ3v) is 8.06. The topological polar surface area (TPSA) is 147 Å². The molecular formula is C18H21N3O7S2. The third kappa shape index (κ3) is 4.71. The summed E-state index contributed by atoms with van der Waals surface area (Å²) in [5.41, 5.74) is -0.641. The van der Waals surface area contributed by atoms with Gasteiger partial charge in [-0.05, 0) is 49.2 Å². The van der Waals surface area contributed by atoms with E-state index in [-0.39, 0.29) is 10.6 Å². The van der Waals surface area contributed by atoms with E-state index in [4.69, 9.17) is 0 Å². The molecule has 0 radical (unpaired) electrons. The van der Waals surface area contributed by atoms with E-state index < -0.39 is 41.3 Å². The molecular weight excluding hydrogens is 434 g/mol. The molecule has 30 heavy (non-hydrogen) atoms. The Morgan fingerprint density at radius 1 is 0.900 bits per heavy atom. The minimum Gasteiger partial charge on any atom is -0.502 e. The Hall–Kier alpha value is -2.70. The number of aromatic hydroxyl groups is 1. The monoisotopic (exact) mass is 455 g/mol. The molecule has 0 unspecified atom stereocenters. The first-order chi connectivity index (χ1) is 14.1. The van der Waals surface area contributed by atoms with Crippen LogP contribution in [0, 0.1) is 10.1 Å². The number of nitrogens with one attached hydrogen (secondary N) is 1. The molecule has 0 atom stereocenters. The minimum absolute atomic E-state index is 0.0626. The summed E-state index contributed by atoms with van der Waals surface area (Å²) in [6, 6.07) is 7.96. The molecule has 2 aromatic carbocycles. The van der Waals surface area contributed by atoms with Gasteiger partial charge in [0, 0.05) is 24.8 Å². The first kappa shape index (κ1) is 22.0. The first-order valence-electron chi connectivity index (χ1n) is 9.22. The molecule has 2 N–H and O–H groups in total. The predicted octanol–water partition coefficient (Wildman–Crippen LogP) is 2.67. The molecule has 0 aromatic heterocycles. The maximum absolute atomic E-state index is 12.8. The minimum atomic E-state index is -4.19. The van der Waals surface area contributed by atoms with Crippen LogP contribution < -0.4 is 4.72 Å². The van der Waals surface area contributed by atoms with Crippen molar-refractivity contribution >= 4 is 31.4 Å². The highest BCUT2D eigenvalue weighted by Crippen LogP contribution is 2.29. The maximum atomic E-state index is 12.8. The highest BCUT2D eigenvalue weighted by atomic mass is 32.2. The molecule has 0 bridgehead atoms. The van der Waals surface area contributed by atoms with Crippen LogP contribution >= 0.6 is 0 Å². The molecule has 1 heterocycles. The van der Waals surface area contributed by atoms with E-state index in [9.17, 15) is 32.1 Å². The molecule has 1 fully saturated rings. The van der Waals surface area contributed by atoms with Crippen molar-refractivity contribution in [3.63, 3.8) is 0 Å².